The number of methoxy groups -OCH3 is 2. The van der Waals surface area contributed by atoms with Crippen molar-refractivity contribution in [1.29, 1.82) is 5.26 Å². The van der Waals surface area contributed by atoms with E-state index in [-0.39, 0.29) is 18.1 Å². The number of amides is 1. The van der Waals surface area contributed by atoms with E-state index in [2.05, 4.69) is 5.32 Å². The number of nitrogens with one attached hydrogen (secondary N) is 1. The molecule has 0 aliphatic heterocycles. The third-order valence-electron chi connectivity index (χ3n) is 3.93. The first-order valence-electron chi connectivity index (χ1n) is 8.90. The Labute approximate surface area is 169 Å². The summed E-state index contributed by atoms with van der Waals surface area (Å²) in [5.74, 6) is 0.641. The number of nitriles is 1. The third kappa shape index (κ3) is 5.84. The molecule has 0 spiro atoms. The lowest BCUT2D eigenvalue weighted by molar-refractivity contribution is -0.123. The number of allylic oxidation sites excluding steroid dienone is 1. The van der Waals surface area contributed by atoms with Crippen LogP contribution in [0.2, 0.25) is 0 Å². The van der Waals surface area contributed by atoms with E-state index in [0.29, 0.717) is 34.9 Å². The molecule has 150 valence electrons. The summed E-state index contributed by atoms with van der Waals surface area (Å²) in [5, 5.41) is 12.1. The first kappa shape index (κ1) is 21.5. The van der Waals surface area contributed by atoms with Crippen molar-refractivity contribution in [3.05, 3.63) is 59.2 Å². The van der Waals surface area contributed by atoms with E-state index >= 15 is 0 Å². The molecule has 0 atom stereocenters. The second kappa shape index (κ2) is 10.5. The minimum absolute atomic E-state index is 0.0312. The van der Waals surface area contributed by atoms with Gasteiger partial charge < -0.3 is 19.5 Å². The Hall–Kier alpha value is -3.79. The molecule has 2 rings (SSSR count). The van der Waals surface area contributed by atoms with E-state index < -0.39 is 5.78 Å². The summed E-state index contributed by atoms with van der Waals surface area (Å²) in [6.07, 6.45) is 1.47. The van der Waals surface area contributed by atoms with Crippen LogP contribution < -0.4 is 19.5 Å². The van der Waals surface area contributed by atoms with Gasteiger partial charge in [0.15, 0.2) is 18.1 Å². The standard InChI is InChI=1S/C22H22N2O5/c1-4-24-21(25)14-29-19-9-8-15(11-20(19)28-3)10-17(13-23)22(26)16-6-5-7-18(12-16)27-2/h5-12H,4,14H2,1-3H3,(H,24,25)/b17-10+. The normalized spacial score (nSPS) is 10.6. The molecular formula is C22H22N2O5. The molecule has 2 aromatic carbocycles. The fraction of sp³-hybridized carbons (Fsp3) is 0.227. The van der Waals surface area contributed by atoms with Crippen LogP contribution in [0.1, 0.15) is 22.8 Å². The van der Waals surface area contributed by atoms with Crippen LogP contribution in [0.4, 0.5) is 0 Å². The van der Waals surface area contributed by atoms with Crippen molar-refractivity contribution < 1.29 is 23.8 Å². The number of benzene rings is 2. The van der Waals surface area contributed by atoms with Crippen LogP contribution in [0.25, 0.3) is 6.08 Å². The van der Waals surface area contributed by atoms with Crippen LogP contribution in [0.5, 0.6) is 17.2 Å². The third-order valence-corrected chi connectivity index (χ3v) is 3.93. The van der Waals surface area contributed by atoms with E-state index in [1.54, 1.807) is 42.5 Å². The van der Waals surface area contributed by atoms with Crippen LogP contribution in [0.15, 0.2) is 48.0 Å². The molecule has 0 aliphatic rings. The van der Waals surface area contributed by atoms with E-state index in [0.717, 1.165) is 0 Å². The predicted molar refractivity (Wildman–Crippen MR) is 108 cm³/mol. The molecular weight excluding hydrogens is 372 g/mol. The van der Waals surface area contributed by atoms with Crippen molar-refractivity contribution in [2.45, 2.75) is 6.92 Å². The SMILES string of the molecule is CCNC(=O)COc1ccc(/C=C(\C#N)C(=O)c2cccc(OC)c2)cc1OC. The fourth-order valence-corrected chi connectivity index (χ4v) is 2.52. The maximum atomic E-state index is 12.7. The van der Waals surface area contributed by atoms with Gasteiger partial charge in [-0.15, -0.1) is 0 Å². The minimum Gasteiger partial charge on any atom is -0.497 e. The number of ketones is 1. The van der Waals surface area contributed by atoms with Gasteiger partial charge in [0.1, 0.15) is 17.4 Å². The van der Waals surface area contributed by atoms with Crippen LogP contribution in [-0.4, -0.2) is 39.1 Å². The second-order valence-electron chi connectivity index (χ2n) is 5.88. The molecule has 0 fully saturated rings. The van der Waals surface area contributed by atoms with Crippen molar-refractivity contribution in [2.24, 2.45) is 0 Å². The second-order valence-corrected chi connectivity index (χ2v) is 5.88. The molecule has 0 unspecified atom stereocenters. The Bertz CT molecular complexity index is 960. The van der Waals surface area contributed by atoms with Gasteiger partial charge in [-0.05, 0) is 42.8 Å². The quantitative estimate of drug-likeness (QED) is 0.399. The Balaban J connectivity index is 2.25. The summed E-state index contributed by atoms with van der Waals surface area (Å²) in [4.78, 5) is 24.2. The lowest BCUT2D eigenvalue weighted by Gasteiger charge is -2.11. The zero-order chi connectivity index (χ0) is 21.2. The molecule has 29 heavy (non-hydrogen) atoms. The first-order valence-corrected chi connectivity index (χ1v) is 8.90. The van der Waals surface area contributed by atoms with Gasteiger partial charge in [0.2, 0.25) is 5.78 Å². The van der Waals surface area contributed by atoms with Crippen LogP contribution in [0, 0.1) is 11.3 Å². The molecule has 7 nitrogen and oxygen atoms in total. The molecule has 0 saturated heterocycles. The maximum absolute atomic E-state index is 12.7. The van der Waals surface area contributed by atoms with Gasteiger partial charge in [-0.2, -0.15) is 5.26 Å². The smallest absolute Gasteiger partial charge is 0.257 e. The summed E-state index contributed by atoms with van der Waals surface area (Å²) in [5.41, 5.74) is 0.905. The lowest BCUT2D eigenvalue weighted by Crippen LogP contribution is -2.28. The fourth-order valence-electron chi connectivity index (χ4n) is 2.52. The van der Waals surface area contributed by atoms with Crippen LogP contribution in [-0.2, 0) is 4.79 Å². The van der Waals surface area contributed by atoms with Gasteiger partial charge in [-0.3, -0.25) is 9.59 Å². The van der Waals surface area contributed by atoms with Crippen LogP contribution in [0.3, 0.4) is 0 Å². The van der Waals surface area contributed by atoms with Crippen LogP contribution >= 0.6 is 0 Å². The van der Waals surface area contributed by atoms with Crippen molar-refractivity contribution in [3.63, 3.8) is 0 Å². The molecule has 0 radical (unpaired) electrons. The van der Waals surface area contributed by atoms with Gasteiger partial charge in [-0.1, -0.05) is 18.2 Å². The monoisotopic (exact) mass is 394 g/mol. The number of carbonyl (C=O) groups excluding carboxylic acids is 2. The average Bonchev–Trinajstić information content (AvgIpc) is 2.76. The largest absolute Gasteiger partial charge is 0.497 e. The number of Topliss-reactive ketones (excluding diaryl/α,β-unsaturated/α-hetero) is 1. The molecule has 1 N–H and O–H groups in total. The lowest BCUT2D eigenvalue weighted by atomic mass is 10.0. The predicted octanol–water partition coefficient (Wildman–Crippen LogP) is 3.01. The van der Waals surface area contributed by atoms with Gasteiger partial charge in [-0.25, -0.2) is 0 Å². The molecule has 0 heterocycles. The van der Waals surface area contributed by atoms with E-state index in [9.17, 15) is 14.9 Å². The molecule has 0 aromatic heterocycles. The Kier molecular flexibility index (Phi) is 7.80. The zero-order valence-corrected chi connectivity index (χ0v) is 16.5. The highest BCUT2D eigenvalue weighted by molar-refractivity contribution is 6.14. The van der Waals surface area contributed by atoms with Gasteiger partial charge in [0, 0.05) is 12.1 Å². The number of carbonyl (C=O) groups is 2. The molecule has 0 saturated carbocycles. The number of likely N-dealkylation sites (N-methyl/N-ethyl adjacent to an activating group) is 1. The molecule has 0 aliphatic carbocycles. The summed E-state index contributed by atoms with van der Waals surface area (Å²) >= 11 is 0. The van der Waals surface area contributed by atoms with Gasteiger partial charge >= 0.3 is 0 Å². The maximum Gasteiger partial charge on any atom is 0.257 e. The Morgan fingerprint density at radius 1 is 1.10 bits per heavy atom. The van der Waals surface area contributed by atoms with Gasteiger partial charge in [0.05, 0.1) is 14.2 Å². The molecule has 2 aromatic rings. The van der Waals surface area contributed by atoms with Crippen molar-refractivity contribution in [3.8, 4) is 23.3 Å². The van der Waals surface area contributed by atoms with E-state index in [1.807, 2.05) is 13.0 Å². The number of hydrogen-bond acceptors (Lipinski definition) is 6. The first-order chi connectivity index (χ1) is 14.0. The Morgan fingerprint density at radius 2 is 1.90 bits per heavy atom. The highest BCUT2D eigenvalue weighted by atomic mass is 16.5. The van der Waals surface area contributed by atoms with Crippen molar-refractivity contribution >= 4 is 17.8 Å². The topological polar surface area (TPSA) is 97.7 Å². The summed E-state index contributed by atoms with van der Waals surface area (Å²) < 4.78 is 15.9. The van der Waals surface area contributed by atoms with Crippen molar-refractivity contribution in [1.82, 2.24) is 5.32 Å². The van der Waals surface area contributed by atoms with Crippen molar-refractivity contribution in [2.75, 3.05) is 27.4 Å². The number of nitrogens with zero attached hydrogens (tertiary/aromatic N) is 1. The molecule has 1 amide bonds. The highest BCUT2D eigenvalue weighted by Crippen LogP contribution is 2.29. The number of rotatable bonds is 9. The zero-order valence-electron chi connectivity index (χ0n) is 16.5. The highest BCUT2D eigenvalue weighted by Gasteiger charge is 2.14. The average molecular weight is 394 g/mol. The van der Waals surface area contributed by atoms with E-state index in [1.165, 1.54) is 20.3 Å². The molecule has 0 bridgehead atoms. The summed E-state index contributed by atoms with van der Waals surface area (Å²) in [6.45, 7) is 2.19. The number of ether oxygens (including phenoxy) is 3. The van der Waals surface area contributed by atoms with Gasteiger partial charge in [0.25, 0.3) is 5.91 Å². The summed E-state index contributed by atoms with van der Waals surface area (Å²) in [7, 11) is 2.97. The minimum atomic E-state index is -0.415. The molecule has 7 heteroatoms. The Morgan fingerprint density at radius 3 is 2.55 bits per heavy atom. The number of hydrogen-bond donors (Lipinski definition) is 1. The van der Waals surface area contributed by atoms with E-state index in [4.69, 9.17) is 14.2 Å². The summed E-state index contributed by atoms with van der Waals surface area (Å²) in [6, 6.07) is 13.5.